The summed E-state index contributed by atoms with van der Waals surface area (Å²) >= 11 is 0. The van der Waals surface area contributed by atoms with Crippen molar-refractivity contribution in [3.8, 4) is 5.75 Å². The molecule has 1 saturated heterocycles. The van der Waals surface area contributed by atoms with Gasteiger partial charge in [0.2, 0.25) is 0 Å². The maximum absolute atomic E-state index is 11.8. The van der Waals surface area contributed by atoms with Crippen LogP contribution >= 0.6 is 0 Å². The first-order valence-corrected chi connectivity index (χ1v) is 5.59. The van der Waals surface area contributed by atoms with E-state index in [1.54, 1.807) is 23.2 Å². The van der Waals surface area contributed by atoms with Crippen LogP contribution in [0.5, 0.6) is 5.75 Å². The molecule has 1 fully saturated rings. The first-order valence-electron chi connectivity index (χ1n) is 5.59. The summed E-state index contributed by atoms with van der Waals surface area (Å²) in [5.41, 5.74) is 5.61. The molecule has 1 aromatic rings. The van der Waals surface area contributed by atoms with Crippen molar-refractivity contribution in [2.45, 2.75) is 0 Å². The maximum atomic E-state index is 11.8. The average molecular weight is 236 g/mol. The Morgan fingerprint density at radius 3 is 3.00 bits per heavy atom. The Kier molecular flexibility index (Phi) is 3.77. The van der Waals surface area contributed by atoms with E-state index in [1.807, 2.05) is 0 Å². The number of anilines is 1. The molecule has 0 radical (unpaired) electrons. The molecule has 2 heterocycles. The molecule has 1 amide bonds. The monoisotopic (exact) mass is 236 g/mol. The molecule has 2 rings (SSSR count). The molecular weight excluding hydrogens is 220 g/mol. The molecule has 1 aliphatic heterocycles. The lowest BCUT2D eigenvalue weighted by atomic mass is 10.3. The van der Waals surface area contributed by atoms with Gasteiger partial charge in [-0.2, -0.15) is 0 Å². The van der Waals surface area contributed by atoms with Crippen LogP contribution in [0.3, 0.4) is 0 Å². The Morgan fingerprint density at radius 2 is 2.29 bits per heavy atom. The van der Waals surface area contributed by atoms with Crippen molar-refractivity contribution in [1.29, 1.82) is 0 Å². The van der Waals surface area contributed by atoms with Crippen molar-refractivity contribution in [3.63, 3.8) is 0 Å². The van der Waals surface area contributed by atoms with E-state index in [0.717, 1.165) is 26.2 Å². The minimum Gasteiger partial charge on any atom is -0.480 e. The number of nitrogens with one attached hydrogen (secondary N) is 1. The normalized spacial score (nSPS) is 15.6. The number of nitrogens with two attached hydrogens (primary N) is 1. The molecular formula is C11H16N4O2. The molecule has 3 N–H and O–H groups in total. The highest BCUT2D eigenvalue weighted by molar-refractivity contribution is 5.78. The summed E-state index contributed by atoms with van der Waals surface area (Å²) in [6, 6.07) is 3.42. The number of pyridine rings is 1. The van der Waals surface area contributed by atoms with E-state index in [-0.39, 0.29) is 12.5 Å². The third kappa shape index (κ3) is 3.07. The summed E-state index contributed by atoms with van der Waals surface area (Å²) in [6.07, 6.45) is 1.58. The van der Waals surface area contributed by atoms with Gasteiger partial charge in [-0.15, -0.1) is 0 Å². The van der Waals surface area contributed by atoms with Crippen LogP contribution in [-0.2, 0) is 4.79 Å². The van der Waals surface area contributed by atoms with E-state index >= 15 is 0 Å². The third-order valence-corrected chi connectivity index (χ3v) is 2.62. The summed E-state index contributed by atoms with van der Waals surface area (Å²) in [5, 5.41) is 3.19. The molecule has 1 aliphatic rings. The minimum atomic E-state index is -0.0187. The number of rotatable bonds is 3. The first-order chi connectivity index (χ1) is 8.27. The van der Waals surface area contributed by atoms with Gasteiger partial charge in [0.25, 0.3) is 5.91 Å². The number of carbonyl (C=O) groups is 1. The third-order valence-electron chi connectivity index (χ3n) is 2.62. The summed E-state index contributed by atoms with van der Waals surface area (Å²) in [5.74, 6) is 0.742. The fraction of sp³-hybridized carbons (Fsp3) is 0.455. The lowest BCUT2D eigenvalue weighted by Crippen LogP contribution is -2.47. The molecule has 0 atom stereocenters. The smallest absolute Gasteiger partial charge is 0.260 e. The molecule has 6 nitrogen and oxygen atoms in total. The quantitative estimate of drug-likeness (QED) is 0.737. The highest BCUT2D eigenvalue weighted by Gasteiger charge is 2.16. The summed E-state index contributed by atoms with van der Waals surface area (Å²) in [4.78, 5) is 17.5. The Labute approximate surface area is 99.8 Å². The van der Waals surface area contributed by atoms with Gasteiger partial charge in [-0.25, -0.2) is 4.98 Å². The molecule has 0 spiro atoms. The number of amides is 1. The van der Waals surface area contributed by atoms with E-state index in [9.17, 15) is 4.79 Å². The number of carbonyl (C=O) groups excluding carboxylic acids is 1. The van der Waals surface area contributed by atoms with Crippen molar-refractivity contribution in [3.05, 3.63) is 18.3 Å². The van der Waals surface area contributed by atoms with Crippen LogP contribution in [0.1, 0.15) is 0 Å². The van der Waals surface area contributed by atoms with Crippen LogP contribution in [0, 0.1) is 0 Å². The maximum Gasteiger partial charge on any atom is 0.260 e. The summed E-state index contributed by atoms with van der Waals surface area (Å²) in [7, 11) is 0. The molecule has 0 unspecified atom stereocenters. The van der Waals surface area contributed by atoms with Crippen LogP contribution in [0.15, 0.2) is 18.3 Å². The molecule has 0 saturated carbocycles. The van der Waals surface area contributed by atoms with Crippen molar-refractivity contribution in [2.75, 3.05) is 38.5 Å². The molecule has 0 bridgehead atoms. The van der Waals surface area contributed by atoms with E-state index < -0.39 is 0 Å². The Hall–Kier alpha value is -1.82. The van der Waals surface area contributed by atoms with Gasteiger partial charge in [0, 0.05) is 32.4 Å². The molecule has 92 valence electrons. The zero-order valence-electron chi connectivity index (χ0n) is 9.56. The predicted molar refractivity (Wildman–Crippen MR) is 63.6 cm³/mol. The van der Waals surface area contributed by atoms with Crippen LogP contribution in [0.25, 0.3) is 0 Å². The van der Waals surface area contributed by atoms with Gasteiger partial charge < -0.3 is 20.7 Å². The Balaban J connectivity index is 1.85. The second-order valence-electron chi connectivity index (χ2n) is 3.81. The van der Waals surface area contributed by atoms with Crippen molar-refractivity contribution >= 4 is 11.7 Å². The van der Waals surface area contributed by atoms with Gasteiger partial charge in [-0.1, -0.05) is 0 Å². The van der Waals surface area contributed by atoms with Crippen LogP contribution in [0.4, 0.5) is 5.82 Å². The van der Waals surface area contributed by atoms with Crippen molar-refractivity contribution in [2.24, 2.45) is 0 Å². The molecule has 17 heavy (non-hydrogen) atoms. The van der Waals surface area contributed by atoms with Crippen LogP contribution in [-0.4, -0.2) is 48.6 Å². The van der Waals surface area contributed by atoms with E-state index in [2.05, 4.69) is 10.3 Å². The number of aromatic nitrogens is 1. The Bertz CT molecular complexity index is 391. The van der Waals surface area contributed by atoms with Gasteiger partial charge >= 0.3 is 0 Å². The van der Waals surface area contributed by atoms with Gasteiger partial charge in [-0.3, -0.25) is 4.79 Å². The zero-order chi connectivity index (χ0) is 12.1. The minimum absolute atomic E-state index is 0.00981. The highest BCUT2D eigenvalue weighted by atomic mass is 16.5. The average Bonchev–Trinajstić information content (AvgIpc) is 2.38. The van der Waals surface area contributed by atoms with Crippen molar-refractivity contribution in [1.82, 2.24) is 15.2 Å². The van der Waals surface area contributed by atoms with Crippen LogP contribution < -0.4 is 15.8 Å². The van der Waals surface area contributed by atoms with Gasteiger partial charge in [0.05, 0.1) is 0 Å². The van der Waals surface area contributed by atoms with Gasteiger partial charge in [-0.05, 0) is 12.1 Å². The predicted octanol–water partition coefficient (Wildman–Crippen LogP) is -0.526. The standard InChI is InChI=1S/C11H16N4O2/c12-11-9(2-1-3-14-11)17-8-10(16)15-6-4-13-5-7-15/h1-3,13H,4-8H2,(H2,12,14). The van der Waals surface area contributed by atoms with Gasteiger partial charge in [0.15, 0.2) is 18.2 Å². The second-order valence-corrected chi connectivity index (χ2v) is 3.81. The zero-order valence-corrected chi connectivity index (χ0v) is 9.56. The molecule has 6 heteroatoms. The van der Waals surface area contributed by atoms with E-state index in [1.165, 1.54) is 0 Å². The van der Waals surface area contributed by atoms with Crippen molar-refractivity contribution < 1.29 is 9.53 Å². The highest BCUT2D eigenvalue weighted by Crippen LogP contribution is 2.16. The summed E-state index contributed by atoms with van der Waals surface area (Å²) in [6.45, 7) is 3.13. The number of hydrogen-bond acceptors (Lipinski definition) is 5. The fourth-order valence-corrected chi connectivity index (χ4v) is 1.67. The lowest BCUT2D eigenvalue weighted by molar-refractivity contribution is -0.133. The molecule has 0 aliphatic carbocycles. The van der Waals surface area contributed by atoms with E-state index in [4.69, 9.17) is 10.5 Å². The second kappa shape index (κ2) is 5.49. The fourth-order valence-electron chi connectivity index (χ4n) is 1.67. The number of hydrogen-bond donors (Lipinski definition) is 2. The number of nitrogens with zero attached hydrogens (tertiary/aromatic N) is 2. The summed E-state index contributed by atoms with van der Waals surface area (Å²) < 4.78 is 5.35. The number of nitrogen functional groups attached to an aromatic ring is 1. The number of ether oxygens (including phenoxy) is 1. The van der Waals surface area contributed by atoms with Gasteiger partial charge in [0.1, 0.15) is 0 Å². The van der Waals surface area contributed by atoms with E-state index in [0.29, 0.717) is 11.6 Å². The molecule has 1 aromatic heterocycles. The Morgan fingerprint density at radius 1 is 1.53 bits per heavy atom. The number of piperazine rings is 1. The SMILES string of the molecule is Nc1ncccc1OCC(=O)N1CCNCC1. The first kappa shape index (κ1) is 11.7. The topological polar surface area (TPSA) is 80.5 Å². The molecule has 0 aromatic carbocycles. The van der Waals surface area contributed by atoms with Crippen LogP contribution in [0.2, 0.25) is 0 Å². The largest absolute Gasteiger partial charge is 0.480 e. The lowest BCUT2D eigenvalue weighted by Gasteiger charge is -2.27.